The van der Waals surface area contributed by atoms with Crippen molar-refractivity contribution in [2.75, 3.05) is 7.11 Å². The van der Waals surface area contributed by atoms with E-state index in [-0.39, 0.29) is 23.2 Å². The summed E-state index contributed by atoms with van der Waals surface area (Å²) >= 11 is 0. The van der Waals surface area contributed by atoms with Crippen LogP contribution in [0.2, 0.25) is 0 Å². The molecule has 25 heavy (non-hydrogen) atoms. The van der Waals surface area contributed by atoms with Crippen molar-refractivity contribution >= 4 is 17.9 Å². The van der Waals surface area contributed by atoms with Crippen molar-refractivity contribution in [3.8, 4) is 0 Å². The van der Waals surface area contributed by atoms with Gasteiger partial charge in [-0.05, 0) is 32.3 Å². The third kappa shape index (κ3) is 13.7. The average Bonchev–Trinajstić information content (AvgIpc) is 2.60. The highest BCUT2D eigenvalue weighted by Crippen LogP contribution is 2.10. The van der Waals surface area contributed by atoms with Crippen LogP contribution in [-0.2, 0) is 23.9 Å². The normalized spacial score (nSPS) is 11.4. The summed E-state index contributed by atoms with van der Waals surface area (Å²) in [6.45, 7) is 12.3. The van der Waals surface area contributed by atoms with Gasteiger partial charge in [0.25, 0.3) is 0 Å². The van der Waals surface area contributed by atoms with Crippen LogP contribution in [0.25, 0.3) is 0 Å². The van der Waals surface area contributed by atoms with Crippen LogP contribution in [-0.4, -0.2) is 36.2 Å². The fraction of sp³-hybridized carbons (Fsp3) is 0.526. The smallest absolute Gasteiger partial charge is 0.337 e. The number of carbonyl (C=O) groups is 3. The maximum Gasteiger partial charge on any atom is 0.337 e. The predicted molar refractivity (Wildman–Crippen MR) is 97.1 cm³/mol. The minimum atomic E-state index is -1.08. The summed E-state index contributed by atoms with van der Waals surface area (Å²) in [5.41, 5.74) is 0.0720. The van der Waals surface area contributed by atoms with E-state index < -0.39 is 11.9 Å². The number of unbranched alkanes of at least 4 members (excludes halogenated alkanes) is 2. The first-order chi connectivity index (χ1) is 11.7. The van der Waals surface area contributed by atoms with Crippen LogP contribution in [0.5, 0.6) is 0 Å². The molecule has 0 saturated heterocycles. The fourth-order valence-corrected chi connectivity index (χ4v) is 1.69. The molecule has 0 aromatic rings. The molecule has 1 N–H and O–H groups in total. The minimum absolute atomic E-state index is 0.0254. The Morgan fingerprint density at radius 2 is 1.80 bits per heavy atom. The van der Waals surface area contributed by atoms with E-state index in [4.69, 9.17) is 9.84 Å². The third-order valence-corrected chi connectivity index (χ3v) is 3.21. The van der Waals surface area contributed by atoms with Crippen molar-refractivity contribution in [3.63, 3.8) is 0 Å². The first-order valence-electron chi connectivity index (χ1n) is 8.25. The molecule has 0 heterocycles. The number of rotatable bonds is 10. The van der Waals surface area contributed by atoms with Gasteiger partial charge >= 0.3 is 17.9 Å². The first-order valence-corrected chi connectivity index (χ1v) is 8.25. The molecule has 0 radical (unpaired) electrons. The van der Waals surface area contributed by atoms with Crippen molar-refractivity contribution in [3.05, 3.63) is 36.5 Å². The van der Waals surface area contributed by atoms with E-state index in [9.17, 15) is 14.4 Å². The lowest BCUT2D eigenvalue weighted by molar-refractivity contribution is -0.143. The van der Waals surface area contributed by atoms with Gasteiger partial charge in [0, 0.05) is 11.6 Å². The standard InChI is InChI=1S/C11H20O2.C8H10O4/c1-4-7-8-9-10(5-2)13-11(12)6-3;1-5(7(9)10)4-6(2)8(11)12-3/h6,10H,3-5,7-9H2,1-2H3;4H,2H2,1,3H3,(H,9,10). The molecule has 142 valence electrons. The van der Waals surface area contributed by atoms with Crippen LogP contribution in [0.15, 0.2) is 36.5 Å². The van der Waals surface area contributed by atoms with E-state index in [1.165, 1.54) is 33.0 Å². The summed E-state index contributed by atoms with van der Waals surface area (Å²) in [6, 6.07) is 0. The second-order valence-electron chi connectivity index (χ2n) is 5.32. The molecular formula is C19H30O6. The molecule has 0 aliphatic rings. The lowest BCUT2D eigenvalue weighted by Crippen LogP contribution is -2.15. The van der Waals surface area contributed by atoms with Gasteiger partial charge in [-0.2, -0.15) is 0 Å². The van der Waals surface area contributed by atoms with Gasteiger partial charge in [0.2, 0.25) is 0 Å². The Hall–Kier alpha value is -2.37. The second kappa shape index (κ2) is 15.2. The third-order valence-electron chi connectivity index (χ3n) is 3.21. The van der Waals surface area contributed by atoms with Gasteiger partial charge in [-0.1, -0.05) is 39.8 Å². The molecule has 0 fully saturated rings. The van der Waals surface area contributed by atoms with E-state index in [1.54, 1.807) is 0 Å². The molecule has 1 unspecified atom stereocenters. The van der Waals surface area contributed by atoms with E-state index in [2.05, 4.69) is 24.8 Å². The number of hydrogen-bond donors (Lipinski definition) is 1. The molecule has 0 rings (SSSR count). The molecule has 6 nitrogen and oxygen atoms in total. The van der Waals surface area contributed by atoms with Gasteiger partial charge in [0.05, 0.1) is 12.7 Å². The van der Waals surface area contributed by atoms with Crippen LogP contribution in [0.1, 0.15) is 52.9 Å². The summed E-state index contributed by atoms with van der Waals surface area (Å²) in [5.74, 6) is -2.01. The Labute approximate surface area is 150 Å². The number of carbonyl (C=O) groups excluding carboxylic acids is 2. The number of carboxylic acid groups (broad SMARTS) is 1. The van der Waals surface area contributed by atoms with Crippen LogP contribution < -0.4 is 0 Å². The number of aliphatic carboxylic acids is 1. The Morgan fingerprint density at radius 3 is 2.20 bits per heavy atom. The van der Waals surface area contributed by atoms with E-state index >= 15 is 0 Å². The van der Waals surface area contributed by atoms with Crippen molar-refractivity contribution < 1.29 is 29.0 Å². The summed E-state index contributed by atoms with van der Waals surface area (Å²) in [6.07, 6.45) is 7.88. The highest BCUT2D eigenvalue weighted by atomic mass is 16.5. The zero-order chi connectivity index (χ0) is 19.8. The minimum Gasteiger partial charge on any atom is -0.478 e. The quantitative estimate of drug-likeness (QED) is 0.278. The van der Waals surface area contributed by atoms with Crippen molar-refractivity contribution in [2.45, 2.75) is 59.0 Å². The van der Waals surface area contributed by atoms with E-state index in [1.807, 2.05) is 6.92 Å². The van der Waals surface area contributed by atoms with E-state index in [0.29, 0.717) is 0 Å². The number of methoxy groups -OCH3 is 1. The Bertz CT molecular complexity index is 490. The monoisotopic (exact) mass is 354 g/mol. The van der Waals surface area contributed by atoms with Crippen molar-refractivity contribution in [1.29, 1.82) is 0 Å². The number of hydrogen-bond acceptors (Lipinski definition) is 5. The molecule has 0 amide bonds. The lowest BCUT2D eigenvalue weighted by Gasteiger charge is -2.14. The lowest BCUT2D eigenvalue weighted by atomic mass is 10.1. The van der Waals surface area contributed by atoms with Crippen molar-refractivity contribution in [1.82, 2.24) is 0 Å². The Balaban J connectivity index is 0. The molecule has 0 spiro atoms. The average molecular weight is 354 g/mol. The summed E-state index contributed by atoms with van der Waals surface area (Å²) in [5, 5.41) is 8.42. The van der Waals surface area contributed by atoms with Crippen molar-refractivity contribution in [2.24, 2.45) is 0 Å². The summed E-state index contributed by atoms with van der Waals surface area (Å²) < 4.78 is 9.46. The van der Waals surface area contributed by atoms with Crippen LogP contribution in [0.3, 0.4) is 0 Å². The Kier molecular flexibility index (Phi) is 15.1. The molecule has 0 aliphatic carbocycles. The largest absolute Gasteiger partial charge is 0.478 e. The summed E-state index contributed by atoms with van der Waals surface area (Å²) in [4.78, 5) is 31.9. The number of esters is 2. The fourth-order valence-electron chi connectivity index (χ4n) is 1.69. The molecule has 0 aromatic carbocycles. The van der Waals surface area contributed by atoms with Gasteiger partial charge in [-0.15, -0.1) is 0 Å². The van der Waals surface area contributed by atoms with Gasteiger partial charge in [0.15, 0.2) is 0 Å². The van der Waals surface area contributed by atoms with Gasteiger partial charge in [-0.25, -0.2) is 14.4 Å². The van der Waals surface area contributed by atoms with Crippen LogP contribution in [0, 0.1) is 0 Å². The molecule has 0 aliphatic heterocycles. The number of carboxylic acids is 1. The van der Waals surface area contributed by atoms with Gasteiger partial charge in [-0.3, -0.25) is 0 Å². The van der Waals surface area contributed by atoms with Gasteiger partial charge < -0.3 is 14.6 Å². The Morgan fingerprint density at radius 1 is 1.20 bits per heavy atom. The van der Waals surface area contributed by atoms with Gasteiger partial charge in [0.1, 0.15) is 6.10 Å². The topological polar surface area (TPSA) is 89.9 Å². The highest BCUT2D eigenvalue weighted by Gasteiger charge is 2.09. The summed E-state index contributed by atoms with van der Waals surface area (Å²) in [7, 11) is 1.21. The molecule has 0 aromatic heterocycles. The maximum atomic E-state index is 10.9. The van der Waals surface area contributed by atoms with Crippen LogP contribution in [0.4, 0.5) is 0 Å². The number of ether oxygens (including phenoxy) is 2. The maximum absolute atomic E-state index is 10.9. The zero-order valence-corrected chi connectivity index (χ0v) is 15.7. The molecule has 1 atom stereocenters. The predicted octanol–water partition coefficient (Wildman–Crippen LogP) is 3.82. The molecule has 0 saturated carbocycles. The highest BCUT2D eigenvalue weighted by molar-refractivity contribution is 5.94. The SMILES string of the molecule is C=C(C=C(C)C(=O)O)C(=O)OC.C=CC(=O)OC(CC)CCCCC. The zero-order valence-electron chi connectivity index (χ0n) is 15.7. The molecule has 6 heteroatoms. The van der Waals surface area contributed by atoms with E-state index in [0.717, 1.165) is 25.3 Å². The molecule has 0 bridgehead atoms. The van der Waals surface area contributed by atoms with Crippen LogP contribution >= 0.6 is 0 Å². The second-order valence-corrected chi connectivity index (χ2v) is 5.32. The molecular weight excluding hydrogens is 324 g/mol. The first kappa shape index (κ1) is 24.9.